The Hall–Kier alpha value is -1.91. The quantitative estimate of drug-likeness (QED) is 0.564. The SMILES string of the molecule is O=C(CN1C(=O)CCCC1=O)c1ccco1. The summed E-state index contributed by atoms with van der Waals surface area (Å²) in [6, 6.07) is 3.11. The molecule has 0 bridgehead atoms. The van der Waals surface area contributed by atoms with E-state index in [9.17, 15) is 14.4 Å². The lowest BCUT2D eigenvalue weighted by Gasteiger charge is -2.23. The molecule has 1 aliphatic rings. The van der Waals surface area contributed by atoms with E-state index in [0.29, 0.717) is 19.3 Å². The third-order valence-electron chi connectivity index (χ3n) is 2.48. The second kappa shape index (κ2) is 4.30. The van der Waals surface area contributed by atoms with E-state index in [4.69, 9.17) is 4.42 Å². The molecule has 2 rings (SSSR count). The van der Waals surface area contributed by atoms with Crippen molar-refractivity contribution in [1.82, 2.24) is 4.90 Å². The number of piperidine rings is 1. The topological polar surface area (TPSA) is 67.6 Å². The molecule has 1 aliphatic heterocycles. The number of amides is 2. The summed E-state index contributed by atoms with van der Waals surface area (Å²) in [6.45, 7) is -0.217. The number of rotatable bonds is 3. The maximum absolute atomic E-state index is 11.6. The lowest BCUT2D eigenvalue weighted by molar-refractivity contribution is -0.147. The van der Waals surface area contributed by atoms with E-state index in [2.05, 4.69) is 0 Å². The van der Waals surface area contributed by atoms with Crippen molar-refractivity contribution in [2.24, 2.45) is 0 Å². The number of likely N-dealkylation sites (tertiary alicyclic amines) is 1. The van der Waals surface area contributed by atoms with Crippen LogP contribution in [0.25, 0.3) is 0 Å². The van der Waals surface area contributed by atoms with E-state index in [0.717, 1.165) is 4.90 Å². The molecule has 1 aromatic heterocycles. The number of hydrogen-bond acceptors (Lipinski definition) is 4. The maximum atomic E-state index is 11.6. The minimum atomic E-state index is -0.353. The molecule has 84 valence electrons. The van der Waals surface area contributed by atoms with Crippen molar-refractivity contribution in [2.45, 2.75) is 19.3 Å². The van der Waals surface area contributed by atoms with Crippen LogP contribution in [0.4, 0.5) is 0 Å². The van der Waals surface area contributed by atoms with Crippen molar-refractivity contribution in [3.8, 4) is 0 Å². The summed E-state index contributed by atoms with van der Waals surface area (Å²) < 4.78 is 4.91. The number of furan rings is 1. The molecule has 0 aliphatic carbocycles. The summed E-state index contributed by atoms with van der Waals surface area (Å²) >= 11 is 0. The number of hydrogen-bond donors (Lipinski definition) is 0. The molecule has 0 spiro atoms. The first-order chi connectivity index (χ1) is 7.68. The van der Waals surface area contributed by atoms with Crippen LogP contribution in [0.2, 0.25) is 0 Å². The molecule has 16 heavy (non-hydrogen) atoms. The van der Waals surface area contributed by atoms with E-state index in [1.165, 1.54) is 12.3 Å². The van der Waals surface area contributed by atoms with Crippen molar-refractivity contribution in [2.75, 3.05) is 6.54 Å². The van der Waals surface area contributed by atoms with Gasteiger partial charge in [-0.3, -0.25) is 19.3 Å². The Balaban J connectivity index is 2.06. The molecule has 2 amide bonds. The standard InChI is InChI=1S/C11H11NO4/c13-8(9-3-2-6-16-9)7-12-10(14)4-1-5-11(12)15/h2-3,6H,1,4-5,7H2. The minimum Gasteiger partial charge on any atom is -0.461 e. The van der Waals surface area contributed by atoms with Gasteiger partial charge in [-0.2, -0.15) is 0 Å². The zero-order valence-corrected chi connectivity index (χ0v) is 8.64. The third kappa shape index (κ3) is 2.03. The second-order valence-electron chi connectivity index (χ2n) is 3.63. The van der Waals surface area contributed by atoms with E-state index in [1.54, 1.807) is 6.07 Å². The molecular weight excluding hydrogens is 210 g/mol. The molecular formula is C11H11NO4. The molecule has 0 atom stereocenters. The van der Waals surface area contributed by atoms with Gasteiger partial charge < -0.3 is 4.42 Å². The van der Waals surface area contributed by atoms with Gasteiger partial charge in [0.2, 0.25) is 17.6 Å². The Kier molecular flexibility index (Phi) is 2.85. The Morgan fingerprint density at radius 2 is 2.00 bits per heavy atom. The van der Waals surface area contributed by atoms with Crippen LogP contribution in [0.3, 0.4) is 0 Å². The molecule has 5 nitrogen and oxygen atoms in total. The molecule has 2 heterocycles. The number of Topliss-reactive ketones (excluding diaryl/α,β-unsaturated/α-hetero) is 1. The predicted octanol–water partition coefficient (Wildman–Crippen LogP) is 1.00. The fraction of sp³-hybridized carbons (Fsp3) is 0.364. The van der Waals surface area contributed by atoms with E-state index in [-0.39, 0.29) is 29.9 Å². The van der Waals surface area contributed by atoms with Gasteiger partial charge in [0, 0.05) is 12.8 Å². The lowest BCUT2D eigenvalue weighted by atomic mass is 10.1. The summed E-state index contributed by atoms with van der Waals surface area (Å²) in [5.41, 5.74) is 0. The average Bonchev–Trinajstić information content (AvgIpc) is 2.76. The Bertz CT molecular complexity index is 405. The van der Waals surface area contributed by atoms with Crippen molar-refractivity contribution in [3.05, 3.63) is 24.2 Å². The number of carbonyl (C=O) groups excluding carboxylic acids is 3. The van der Waals surface area contributed by atoms with Gasteiger partial charge in [0.1, 0.15) is 0 Å². The van der Waals surface area contributed by atoms with Gasteiger partial charge in [0.15, 0.2) is 5.76 Å². The van der Waals surface area contributed by atoms with Crippen LogP contribution >= 0.6 is 0 Å². The normalized spacial score (nSPS) is 16.6. The van der Waals surface area contributed by atoms with Gasteiger partial charge in [0.25, 0.3) is 0 Å². The third-order valence-corrected chi connectivity index (χ3v) is 2.48. The molecule has 1 fully saturated rings. The van der Waals surface area contributed by atoms with E-state index >= 15 is 0 Å². The Labute approximate surface area is 92.0 Å². The van der Waals surface area contributed by atoms with Gasteiger partial charge in [0.05, 0.1) is 12.8 Å². The lowest BCUT2D eigenvalue weighted by Crippen LogP contribution is -2.43. The van der Waals surface area contributed by atoms with Crippen molar-refractivity contribution in [3.63, 3.8) is 0 Å². The average molecular weight is 221 g/mol. The first-order valence-electron chi connectivity index (χ1n) is 5.08. The smallest absolute Gasteiger partial charge is 0.229 e. The first-order valence-corrected chi connectivity index (χ1v) is 5.08. The summed E-state index contributed by atoms with van der Waals surface area (Å²) in [7, 11) is 0. The predicted molar refractivity (Wildman–Crippen MR) is 53.6 cm³/mol. The largest absolute Gasteiger partial charge is 0.461 e. The summed E-state index contributed by atoms with van der Waals surface area (Å²) in [5, 5.41) is 0. The highest BCUT2D eigenvalue weighted by atomic mass is 16.3. The van der Waals surface area contributed by atoms with E-state index < -0.39 is 0 Å². The fourth-order valence-electron chi connectivity index (χ4n) is 1.63. The molecule has 0 unspecified atom stereocenters. The molecule has 0 saturated carbocycles. The highest BCUT2D eigenvalue weighted by molar-refractivity contribution is 6.04. The van der Waals surface area contributed by atoms with Crippen molar-refractivity contribution in [1.29, 1.82) is 0 Å². The minimum absolute atomic E-state index is 0.172. The summed E-state index contributed by atoms with van der Waals surface area (Å²) in [4.78, 5) is 35.5. The van der Waals surface area contributed by atoms with Crippen molar-refractivity contribution >= 4 is 17.6 Å². The van der Waals surface area contributed by atoms with Crippen LogP contribution in [0.5, 0.6) is 0 Å². The summed E-state index contributed by atoms with van der Waals surface area (Å²) in [6.07, 6.45) is 2.62. The molecule has 1 saturated heterocycles. The number of imide groups is 1. The number of carbonyl (C=O) groups is 3. The van der Waals surface area contributed by atoms with Gasteiger partial charge in [-0.1, -0.05) is 0 Å². The van der Waals surface area contributed by atoms with Gasteiger partial charge in [-0.25, -0.2) is 0 Å². The van der Waals surface area contributed by atoms with Gasteiger partial charge >= 0.3 is 0 Å². The van der Waals surface area contributed by atoms with Gasteiger partial charge in [-0.15, -0.1) is 0 Å². The summed E-state index contributed by atoms with van der Waals surface area (Å²) in [5.74, 6) is -0.743. The zero-order chi connectivity index (χ0) is 11.5. The molecule has 1 aromatic rings. The van der Waals surface area contributed by atoms with Crippen LogP contribution in [0.15, 0.2) is 22.8 Å². The van der Waals surface area contributed by atoms with Crippen LogP contribution in [-0.2, 0) is 9.59 Å². The highest BCUT2D eigenvalue weighted by Crippen LogP contribution is 2.13. The van der Waals surface area contributed by atoms with Crippen LogP contribution in [0.1, 0.15) is 29.8 Å². The molecule has 0 radical (unpaired) electrons. The van der Waals surface area contributed by atoms with Crippen LogP contribution in [-0.4, -0.2) is 29.0 Å². The number of nitrogens with zero attached hydrogens (tertiary/aromatic N) is 1. The number of ketones is 1. The highest BCUT2D eigenvalue weighted by Gasteiger charge is 2.28. The fourth-order valence-corrected chi connectivity index (χ4v) is 1.63. The maximum Gasteiger partial charge on any atom is 0.229 e. The van der Waals surface area contributed by atoms with Crippen molar-refractivity contribution < 1.29 is 18.8 Å². The Morgan fingerprint density at radius 1 is 1.31 bits per heavy atom. The van der Waals surface area contributed by atoms with Gasteiger partial charge in [-0.05, 0) is 18.6 Å². The first kappa shape index (κ1) is 10.6. The van der Waals surface area contributed by atoms with Crippen LogP contribution in [0, 0.1) is 0 Å². The monoisotopic (exact) mass is 221 g/mol. The molecule has 0 N–H and O–H groups in total. The molecule has 5 heteroatoms. The zero-order valence-electron chi connectivity index (χ0n) is 8.64. The Morgan fingerprint density at radius 3 is 2.56 bits per heavy atom. The second-order valence-corrected chi connectivity index (χ2v) is 3.63. The van der Waals surface area contributed by atoms with E-state index in [1.807, 2.05) is 0 Å². The van der Waals surface area contributed by atoms with Crippen LogP contribution < -0.4 is 0 Å². The molecule has 0 aromatic carbocycles.